The average molecular weight is 726 g/mol. The summed E-state index contributed by atoms with van der Waals surface area (Å²) in [4.78, 5) is 61.1. The van der Waals surface area contributed by atoms with Gasteiger partial charge in [-0.25, -0.2) is 18.2 Å². The van der Waals surface area contributed by atoms with Crippen LogP contribution in [0.1, 0.15) is 78.6 Å². The van der Waals surface area contributed by atoms with Gasteiger partial charge in [0.1, 0.15) is 35.1 Å². The SMILES string of the molecule is COc1ccc2c(OC3C[C@H]4C(=O)N[C@]5(C(=O)NS(=O)(=O)C6CC6)CC5C=CCCCCC[C@H](NC(=O)OC(C)(C)C)C(=O)N4C3)nccc2c1. The predicted molar refractivity (Wildman–Crippen MR) is 187 cm³/mol. The van der Waals surface area contributed by atoms with Crippen molar-refractivity contribution in [3.05, 3.63) is 42.6 Å². The average Bonchev–Trinajstić information content (AvgIpc) is 3.99. The molecule has 0 bridgehead atoms. The van der Waals surface area contributed by atoms with Gasteiger partial charge in [-0.2, -0.15) is 0 Å². The first kappa shape index (κ1) is 36.4. The standard InChI is InChI=1S/C36H47N5O9S/c1-35(2,3)50-34(45)38-28-11-9-7-5-6-8-10-23-20-36(23,33(44)40-51(46,47)26-13-14-26)39-30(42)29-19-25(21-41(29)32(28)43)49-31-27-15-12-24(48-4)18-22(27)16-17-37-31/h8,10,12,15-18,23,25-26,28-29H,5-7,9,11,13-14,19-21H2,1-4H3,(H,38,45)(H,39,42)(H,40,44)/t23?,25?,28-,29-,36+/m0/s1. The van der Waals surface area contributed by atoms with E-state index in [2.05, 4.69) is 20.3 Å². The molecule has 6 rings (SSSR count). The first-order chi connectivity index (χ1) is 24.2. The van der Waals surface area contributed by atoms with Crippen LogP contribution < -0.4 is 24.8 Å². The number of nitrogens with zero attached hydrogens (tertiary/aromatic N) is 2. The number of methoxy groups -OCH3 is 1. The lowest BCUT2D eigenvalue weighted by Gasteiger charge is -2.30. The smallest absolute Gasteiger partial charge is 0.408 e. The molecular weight excluding hydrogens is 678 g/mol. The molecular formula is C36H47N5O9S. The highest BCUT2D eigenvalue weighted by Gasteiger charge is 2.62. The second-order valence-corrected chi connectivity index (χ2v) is 16.9. The highest BCUT2D eigenvalue weighted by atomic mass is 32.2. The molecule has 4 amide bonds. The minimum atomic E-state index is -3.88. The second-order valence-electron chi connectivity index (χ2n) is 14.9. The van der Waals surface area contributed by atoms with Crippen LogP contribution in [-0.4, -0.2) is 90.3 Å². The molecule has 2 unspecified atom stereocenters. The maximum atomic E-state index is 14.4. The maximum absolute atomic E-state index is 14.4. The Kier molecular flexibility index (Phi) is 10.2. The number of allylic oxidation sites excluding steroid dienone is 1. The fourth-order valence-electron chi connectivity index (χ4n) is 6.80. The Morgan fingerprint density at radius 2 is 1.86 bits per heavy atom. The van der Waals surface area contributed by atoms with E-state index in [1.165, 1.54) is 4.90 Å². The van der Waals surface area contributed by atoms with Gasteiger partial charge in [0.05, 0.1) is 18.9 Å². The van der Waals surface area contributed by atoms with Crippen molar-refractivity contribution in [3.63, 3.8) is 0 Å². The monoisotopic (exact) mass is 725 g/mol. The van der Waals surface area contributed by atoms with Crippen molar-refractivity contribution >= 4 is 44.6 Å². The molecule has 51 heavy (non-hydrogen) atoms. The van der Waals surface area contributed by atoms with Gasteiger partial charge in [0, 0.05) is 23.9 Å². The van der Waals surface area contributed by atoms with Gasteiger partial charge in [-0.3, -0.25) is 19.1 Å². The predicted octanol–water partition coefficient (Wildman–Crippen LogP) is 3.49. The molecule has 3 N–H and O–H groups in total. The summed E-state index contributed by atoms with van der Waals surface area (Å²) in [6.07, 6.45) is 8.41. The molecule has 1 saturated heterocycles. The summed E-state index contributed by atoms with van der Waals surface area (Å²) in [5.41, 5.74) is -2.29. The first-order valence-electron chi connectivity index (χ1n) is 17.6. The number of ether oxygens (including phenoxy) is 3. The molecule has 2 aliphatic carbocycles. The van der Waals surface area contributed by atoms with Crippen molar-refractivity contribution < 1.29 is 41.8 Å². The number of rotatable bonds is 7. The van der Waals surface area contributed by atoms with Crippen LogP contribution in [0, 0.1) is 5.92 Å². The summed E-state index contributed by atoms with van der Waals surface area (Å²) < 4.78 is 45.0. The second kappa shape index (κ2) is 14.3. The highest BCUT2D eigenvalue weighted by molar-refractivity contribution is 7.91. The van der Waals surface area contributed by atoms with Gasteiger partial charge in [0.15, 0.2) is 0 Å². The van der Waals surface area contributed by atoms with Gasteiger partial charge in [0.25, 0.3) is 5.91 Å². The highest BCUT2D eigenvalue weighted by Crippen LogP contribution is 2.46. The molecule has 1 aromatic carbocycles. The van der Waals surface area contributed by atoms with E-state index in [1.54, 1.807) is 40.1 Å². The van der Waals surface area contributed by atoms with E-state index in [0.29, 0.717) is 49.1 Å². The molecule has 0 spiro atoms. The molecule has 3 fully saturated rings. The Morgan fingerprint density at radius 1 is 1.08 bits per heavy atom. The molecule has 2 aliphatic heterocycles. The fraction of sp³-hybridized carbons (Fsp3) is 0.583. The molecule has 4 aliphatic rings. The molecule has 2 saturated carbocycles. The van der Waals surface area contributed by atoms with Crippen LogP contribution in [0.25, 0.3) is 10.8 Å². The number of sulfonamides is 1. The Labute approximate surface area is 298 Å². The third-order valence-electron chi connectivity index (χ3n) is 9.75. The van der Waals surface area contributed by atoms with Crippen molar-refractivity contribution in [2.24, 2.45) is 5.92 Å². The van der Waals surface area contributed by atoms with E-state index < -0.39 is 74.3 Å². The number of hydrogen-bond acceptors (Lipinski definition) is 10. The summed E-state index contributed by atoms with van der Waals surface area (Å²) in [6.45, 7) is 5.18. The largest absolute Gasteiger partial charge is 0.497 e. The zero-order valence-electron chi connectivity index (χ0n) is 29.5. The molecule has 3 heterocycles. The van der Waals surface area contributed by atoms with E-state index in [0.717, 1.165) is 18.2 Å². The Morgan fingerprint density at radius 3 is 2.59 bits per heavy atom. The van der Waals surface area contributed by atoms with E-state index in [4.69, 9.17) is 14.2 Å². The number of pyridine rings is 1. The molecule has 5 atom stereocenters. The minimum Gasteiger partial charge on any atom is -0.497 e. The van der Waals surface area contributed by atoms with Crippen molar-refractivity contribution in [1.29, 1.82) is 0 Å². The van der Waals surface area contributed by atoms with E-state index >= 15 is 0 Å². The van der Waals surface area contributed by atoms with Gasteiger partial charge >= 0.3 is 6.09 Å². The number of carbonyl (C=O) groups excluding carboxylic acids is 4. The maximum Gasteiger partial charge on any atom is 0.408 e. The van der Waals surface area contributed by atoms with Crippen molar-refractivity contribution in [3.8, 4) is 11.6 Å². The lowest BCUT2D eigenvalue weighted by molar-refractivity contribution is -0.141. The summed E-state index contributed by atoms with van der Waals surface area (Å²) in [6, 6.07) is 5.19. The fourth-order valence-corrected chi connectivity index (χ4v) is 8.17. The molecule has 1 aromatic heterocycles. The number of alkyl carbamates (subject to hydrolysis) is 1. The van der Waals surface area contributed by atoms with Gasteiger partial charge in [-0.15, -0.1) is 0 Å². The summed E-state index contributed by atoms with van der Waals surface area (Å²) >= 11 is 0. The van der Waals surface area contributed by atoms with E-state index in [-0.39, 0.29) is 19.4 Å². The number of aromatic nitrogens is 1. The number of amides is 4. The number of carbonyl (C=O) groups is 4. The van der Waals surface area contributed by atoms with Crippen LogP contribution in [0.5, 0.6) is 11.6 Å². The van der Waals surface area contributed by atoms with Crippen LogP contribution in [0.2, 0.25) is 0 Å². The molecule has 0 radical (unpaired) electrons. The van der Waals surface area contributed by atoms with Crippen LogP contribution in [0.3, 0.4) is 0 Å². The van der Waals surface area contributed by atoms with Gasteiger partial charge in [0.2, 0.25) is 27.7 Å². The Bertz CT molecular complexity index is 1820. The Hall–Kier alpha value is -4.40. The molecule has 276 valence electrons. The minimum absolute atomic E-state index is 0.00374. The third-order valence-corrected chi connectivity index (χ3v) is 11.6. The molecule has 2 aromatic rings. The van der Waals surface area contributed by atoms with Crippen LogP contribution in [0.15, 0.2) is 42.6 Å². The normalized spacial score (nSPS) is 27.3. The van der Waals surface area contributed by atoms with Gasteiger partial charge in [-0.1, -0.05) is 25.0 Å². The number of fused-ring (bicyclic) bond motifs is 3. The third kappa shape index (κ3) is 8.40. The van der Waals surface area contributed by atoms with Crippen molar-refractivity contribution in [2.75, 3.05) is 13.7 Å². The lowest BCUT2D eigenvalue weighted by Crippen LogP contribution is -2.58. The molecule has 14 nitrogen and oxygen atoms in total. The topological polar surface area (TPSA) is 182 Å². The van der Waals surface area contributed by atoms with E-state index in [9.17, 15) is 27.6 Å². The lowest BCUT2D eigenvalue weighted by atomic mass is 10.0. The van der Waals surface area contributed by atoms with Crippen LogP contribution in [0.4, 0.5) is 4.79 Å². The summed E-state index contributed by atoms with van der Waals surface area (Å²) in [5.74, 6) is -1.34. The van der Waals surface area contributed by atoms with Gasteiger partial charge in [-0.05, 0) is 88.9 Å². The van der Waals surface area contributed by atoms with Crippen molar-refractivity contribution in [2.45, 2.75) is 113 Å². The number of nitrogens with one attached hydrogen (secondary N) is 3. The zero-order valence-corrected chi connectivity index (χ0v) is 30.3. The first-order valence-corrected chi connectivity index (χ1v) is 19.2. The van der Waals surface area contributed by atoms with E-state index in [1.807, 2.05) is 30.4 Å². The summed E-state index contributed by atoms with van der Waals surface area (Å²) in [7, 11) is -2.31. The Balaban J connectivity index is 1.30. The molecule has 15 heteroatoms. The van der Waals surface area contributed by atoms with Crippen molar-refractivity contribution in [1.82, 2.24) is 25.2 Å². The van der Waals surface area contributed by atoms with Gasteiger partial charge < -0.3 is 29.7 Å². The summed E-state index contributed by atoms with van der Waals surface area (Å²) in [5, 5.41) is 6.51. The van der Waals surface area contributed by atoms with Crippen LogP contribution in [-0.2, 0) is 29.1 Å². The van der Waals surface area contributed by atoms with Crippen LogP contribution >= 0.6 is 0 Å². The zero-order chi connectivity index (χ0) is 36.6. The quantitative estimate of drug-likeness (QED) is 0.358. The number of benzene rings is 1. The number of hydrogen-bond donors (Lipinski definition) is 3.